The molecule has 2 amide bonds. The van der Waals surface area contributed by atoms with Crippen molar-refractivity contribution in [3.05, 3.63) is 18.2 Å². The zero-order valence-electron chi connectivity index (χ0n) is 12.7. The van der Waals surface area contributed by atoms with Crippen LogP contribution in [0.15, 0.2) is 12.4 Å². The zero-order chi connectivity index (χ0) is 17.1. The molecule has 1 aromatic rings. The lowest BCUT2D eigenvalue weighted by atomic mass is 10.1. The minimum absolute atomic E-state index is 0.0373. The van der Waals surface area contributed by atoms with Crippen molar-refractivity contribution in [2.45, 2.75) is 18.9 Å². The summed E-state index contributed by atoms with van der Waals surface area (Å²) in [6, 6.07) is 0.0861. The van der Waals surface area contributed by atoms with Crippen molar-refractivity contribution in [1.29, 1.82) is 0 Å². The fraction of sp³-hybridized carbons (Fsp3) is 0.500. The van der Waals surface area contributed by atoms with E-state index in [9.17, 15) is 14.0 Å². The predicted octanol–water partition coefficient (Wildman–Crippen LogP) is 0.846. The van der Waals surface area contributed by atoms with E-state index in [1.165, 1.54) is 16.7 Å². The summed E-state index contributed by atoms with van der Waals surface area (Å²) in [4.78, 5) is 34.6. The second kappa shape index (κ2) is 7.39. The first kappa shape index (κ1) is 17.0. The van der Waals surface area contributed by atoms with Gasteiger partial charge in [0.1, 0.15) is 17.0 Å². The number of rotatable bonds is 4. The number of amides is 2. The van der Waals surface area contributed by atoms with E-state index in [2.05, 4.69) is 9.97 Å². The third-order valence-electron chi connectivity index (χ3n) is 3.73. The quantitative estimate of drug-likeness (QED) is 0.727. The maximum absolute atomic E-state index is 12.8. The number of nitrogens with zero attached hydrogens (tertiary/aromatic N) is 4. The largest absolute Gasteiger partial charge is 0.458 e. The average molecular weight is 370 g/mol. The van der Waals surface area contributed by atoms with E-state index in [1.54, 1.807) is 4.90 Å². The Hall–Kier alpha value is -1.81. The van der Waals surface area contributed by atoms with Gasteiger partial charge in [0.25, 0.3) is 0 Å². The Morgan fingerprint density at radius 2 is 2.21 bits per heavy atom. The van der Waals surface area contributed by atoms with Crippen molar-refractivity contribution >= 4 is 40.1 Å². The van der Waals surface area contributed by atoms with Gasteiger partial charge in [0, 0.05) is 6.54 Å². The highest BCUT2D eigenvalue weighted by molar-refractivity contribution is 8.23. The maximum Gasteiger partial charge on any atom is 0.316 e. The van der Waals surface area contributed by atoms with E-state index in [-0.39, 0.29) is 30.5 Å². The van der Waals surface area contributed by atoms with Crippen molar-refractivity contribution in [3.63, 3.8) is 0 Å². The summed E-state index contributed by atoms with van der Waals surface area (Å²) in [5, 5.41) is 0. The average Bonchev–Trinajstić information content (AvgIpc) is 2.89. The molecule has 0 bridgehead atoms. The summed E-state index contributed by atoms with van der Waals surface area (Å²) in [6.45, 7) is 0.941. The molecular formula is C14H15FN4O3S2. The number of thiocarbonyl (C=S) groups is 1. The predicted molar refractivity (Wildman–Crippen MR) is 89.0 cm³/mol. The molecule has 0 spiro atoms. The van der Waals surface area contributed by atoms with E-state index < -0.39 is 5.82 Å². The van der Waals surface area contributed by atoms with Gasteiger partial charge in [0.15, 0.2) is 5.82 Å². The highest BCUT2D eigenvalue weighted by atomic mass is 32.2. The summed E-state index contributed by atoms with van der Waals surface area (Å²) in [5.41, 5.74) is 0. The van der Waals surface area contributed by atoms with E-state index in [1.807, 2.05) is 0 Å². The van der Waals surface area contributed by atoms with Crippen LogP contribution in [0.25, 0.3) is 0 Å². The van der Waals surface area contributed by atoms with Gasteiger partial charge in [0.2, 0.25) is 11.8 Å². The second-order valence-corrected chi connectivity index (χ2v) is 7.05. The summed E-state index contributed by atoms with van der Waals surface area (Å²) in [5.74, 6) is -0.545. The van der Waals surface area contributed by atoms with Gasteiger partial charge in [-0.3, -0.25) is 14.5 Å². The van der Waals surface area contributed by atoms with Gasteiger partial charge in [0.05, 0.1) is 24.7 Å². The maximum atomic E-state index is 12.8. The first-order chi connectivity index (χ1) is 11.5. The summed E-state index contributed by atoms with van der Waals surface area (Å²) >= 11 is 6.35. The molecule has 1 aromatic heterocycles. The summed E-state index contributed by atoms with van der Waals surface area (Å²) in [6.07, 6.45) is 3.33. The fourth-order valence-corrected chi connectivity index (χ4v) is 3.61. The first-order valence-electron chi connectivity index (χ1n) is 7.42. The van der Waals surface area contributed by atoms with E-state index in [0.717, 1.165) is 25.2 Å². The summed E-state index contributed by atoms with van der Waals surface area (Å²) in [7, 11) is 0. The molecule has 0 radical (unpaired) electrons. The van der Waals surface area contributed by atoms with Crippen LogP contribution < -0.4 is 4.74 Å². The highest BCUT2D eigenvalue weighted by Gasteiger charge is 2.32. The SMILES string of the molecule is O=C(CN1C(=O)CSC1=S)N1CCCC(Oc2ncc(F)cn2)C1. The lowest BCUT2D eigenvalue weighted by molar-refractivity contribution is -0.138. The molecule has 3 heterocycles. The molecule has 7 nitrogen and oxygen atoms in total. The van der Waals surface area contributed by atoms with Crippen LogP contribution in [0.4, 0.5) is 4.39 Å². The lowest BCUT2D eigenvalue weighted by Crippen LogP contribution is -2.48. The topological polar surface area (TPSA) is 75.6 Å². The standard InChI is InChI=1S/C14H15FN4O3S2/c15-9-4-16-13(17-5-9)22-10-2-1-3-18(6-10)11(20)7-19-12(21)8-24-14(19)23/h4-5,10H,1-3,6-8H2. The molecule has 0 N–H and O–H groups in total. The monoisotopic (exact) mass is 370 g/mol. The molecular weight excluding hydrogens is 355 g/mol. The molecule has 0 saturated carbocycles. The number of ether oxygens (including phenoxy) is 1. The van der Waals surface area contributed by atoms with Crippen molar-refractivity contribution < 1.29 is 18.7 Å². The number of hydrogen-bond donors (Lipinski definition) is 0. The molecule has 10 heteroatoms. The molecule has 3 rings (SSSR count). The number of piperidine rings is 1. The highest BCUT2D eigenvalue weighted by Crippen LogP contribution is 2.20. The van der Waals surface area contributed by atoms with E-state index in [0.29, 0.717) is 23.2 Å². The van der Waals surface area contributed by atoms with Gasteiger partial charge in [-0.2, -0.15) is 0 Å². The van der Waals surface area contributed by atoms with Gasteiger partial charge in [-0.25, -0.2) is 14.4 Å². The normalized spacial score (nSPS) is 21.3. The van der Waals surface area contributed by atoms with Gasteiger partial charge in [-0.05, 0) is 12.8 Å². The Balaban J connectivity index is 1.56. The minimum atomic E-state index is -0.535. The molecule has 2 saturated heterocycles. The number of halogens is 1. The smallest absolute Gasteiger partial charge is 0.316 e. The number of likely N-dealkylation sites (tertiary alicyclic amines) is 1. The Bertz CT molecular complexity index is 642. The molecule has 1 unspecified atom stereocenters. The molecule has 2 aliphatic heterocycles. The number of carbonyl (C=O) groups excluding carboxylic acids is 2. The Labute approximate surface area is 147 Å². The third-order valence-corrected chi connectivity index (χ3v) is 5.17. The van der Waals surface area contributed by atoms with Gasteiger partial charge in [-0.1, -0.05) is 24.0 Å². The van der Waals surface area contributed by atoms with Crippen molar-refractivity contribution in [3.8, 4) is 6.01 Å². The van der Waals surface area contributed by atoms with Gasteiger partial charge in [-0.15, -0.1) is 0 Å². The Morgan fingerprint density at radius 1 is 1.46 bits per heavy atom. The van der Waals surface area contributed by atoms with E-state index in [4.69, 9.17) is 17.0 Å². The summed E-state index contributed by atoms with van der Waals surface area (Å²) < 4.78 is 18.9. The Morgan fingerprint density at radius 3 is 2.88 bits per heavy atom. The molecule has 0 aromatic carbocycles. The molecule has 1 atom stereocenters. The van der Waals surface area contributed by atoms with Crippen LogP contribution in [0.2, 0.25) is 0 Å². The van der Waals surface area contributed by atoms with E-state index >= 15 is 0 Å². The number of hydrogen-bond acceptors (Lipinski definition) is 7. The number of thioether (sulfide) groups is 1. The Kier molecular flexibility index (Phi) is 5.24. The van der Waals surface area contributed by atoms with Crippen LogP contribution in [0.5, 0.6) is 6.01 Å². The molecule has 128 valence electrons. The van der Waals surface area contributed by atoms with Crippen molar-refractivity contribution in [2.24, 2.45) is 0 Å². The molecule has 24 heavy (non-hydrogen) atoms. The fourth-order valence-electron chi connectivity index (χ4n) is 2.54. The van der Waals surface area contributed by atoms with Crippen LogP contribution >= 0.6 is 24.0 Å². The lowest BCUT2D eigenvalue weighted by Gasteiger charge is -2.33. The zero-order valence-corrected chi connectivity index (χ0v) is 14.3. The molecule has 2 aliphatic rings. The first-order valence-corrected chi connectivity index (χ1v) is 8.81. The van der Waals surface area contributed by atoms with Crippen LogP contribution in [-0.4, -0.2) is 67.4 Å². The number of carbonyl (C=O) groups is 2. The van der Waals surface area contributed by atoms with Crippen molar-refractivity contribution in [1.82, 2.24) is 19.8 Å². The number of aromatic nitrogens is 2. The van der Waals surface area contributed by atoms with Crippen LogP contribution in [0.1, 0.15) is 12.8 Å². The third kappa shape index (κ3) is 3.99. The van der Waals surface area contributed by atoms with Crippen LogP contribution in [-0.2, 0) is 9.59 Å². The molecule has 2 fully saturated rings. The molecule has 0 aliphatic carbocycles. The van der Waals surface area contributed by atoms with Crippen LogP contribution in [0.3, 0.4) is 0 Å². The van der Waals surface area contributed by atoms with Crippen molar-refractivity contribution in [2.75, 3.05) is 25.4 Å². The van der Waals surface area contributed by atoms with Gasteiger partial charge < -0.3 is 9.64 Å². The minimum Gasteiger partial charge on any atom is -0.458 e. The van der Waals surface area contributed by atoms with Gasteiger partial charge >= 0.3 is 6.01 Å². The second-order valence-electron chi connectivity index (χ2n) is 5.44. The van der Waals surface area contributed by atoms with Crippen LogP contribution in [0, 0.1) is 5.82 Å².